The molecule has 0 aliphatic carbocycles. The van der Waals surface area contributed by atoms with Gasteiger partial charge < -0.3 is 9.64 Å². The second-order valence-electron chi connectivity index (χ2n) is 5.86. The Bertz CT molecular complexity index is 570. The van der Waals surface area contributed by atoms with Crippen LogP contribution in [0, 0.1) is 11.3 Å². The molecule has 0 atom stereocenters. The van der Waals surface area contributed by atoms with Gasteiger partial charge in [-0.05, 0) is 37.5 Å². The summed E-state index contributed by atoms with van der Waals surface area (Å²) in [5.41, 5.74) is 1.04. The molecular weight excluding hydrogens is 252 g/mol. The van der Waals surface area contributed by atoms with Crippen molar-refractivity contribution in [3.05, 3.63) is 23.8 Å². The molecule has 0 N–H and O–H groups in total. The molecule has 0 saturated heterocycles. The number of carbonyl (C=O) groups excluding carboxylic acids is 1. The highest BCUT2D eigenvalue weighted by Crippen LogP contribution is 2.39. The van der Waals surface area contributed by atoms with E-state index in [1.807, 2.05) is 18.2 Å². The molecule has 4 heteroatoms. The molecule has 1 amide bonds. The topological polar surface area (TPSA) is 53.3 Å². The standard InChI is InChI=1S/C16H20N2O2/c1-11(2)12-6-7-14-13(10-12)18(9-5-8-17)15(19)16(3,4)20-14/h6-7,10-11H,5,9H2,1-4H3. The molecule has 0 aromatic heterocycles. The summed E-state index contributed by atoms with van der Waals surface area (Å²) in [4.78, 5) is 14.2. The fourth-order valence-electron chi connectivity index (χ4n) is 2.33. The SMILES string of the molecule is CC(C)c1ccc2c(c1)N(CCC#N)C(=O)C(C)(C)O2. The van der Waals surface area contributed by atoms with Gasteiger partial charge in [-0.1, -0.05) is 19.9 Å². The third kappa shape index (κ3) is 2.49. The van der Waals surface area contributed by atoms with Crippen LogP contribution < -0.4 is 9.64 Å². The molecule has 20 heavy (non-hydrogen) atoms. The Balaban J connectivity index is 2.48. The summed E-state index contributed by atoms with van der Waals surface area (Å²) in [6, 6.07) is 8.03. The van der Waals surface area contributed by atoms with Crippen molar-refractivity contribution in [3.8, 4) is 11.8 Å². The number of ether oxygens (including phenoxy) is 1. The Morgan fingerprint density at radius 3 is 2.70 bits per heavy atom. The number of anilines is 1. The van der Waals surface area contributed by atoms with E-state index in [4.69, 9.17) is 10.00 Å². The van der Waals surface area contributed by atoms with E-state index in [0.717, 1.165) is 11.3 Å². The van der Waals surface area contributed by atoms with Gasteiger partial charge in [0.15, 0.2) is 5.60 Å². The first-order chi connectivity index (χ1) is 9.36. The molecule has 1 aromatic rings. The lowest BCUT2D eigenvalue weighted by Crippen LogP contribution is -2.52. The molecule has 1 heterocycles. The van der Waals surface area contributed by atoms with Crippen molar-refractivity contribution in [2.75, 3.05) is 11.4 Å². The Morgan fingerprint density at radius 1 is 1.40 bits per heavy atom. The Labute approximate surface area is 120 Å². The molecule has 0 radical (unpaired) electrons. The Hall–Kier alpha value is -2.02. The van der Waals surface area contributed by atoms with Gasteiger partial charge >= 0.3 is 0 Å². The zero-order chi connectivity index (χ0) is 14.9. The second kappa shape index (κ2) is 5.16. The van der Waals surface area contributed by atoms with E-state index >= 15 is 0 Å². The summed E-state index contributed by atoms with van der Waals surface area (Å²) in [6.45, 7) is 8.13. The van der Waals surface area contributed by atoms with Gasteiger partial charge in [0.1, 0.15) is 5.75 Å². The summed E-state index contributed by atoms with van der Waals surface area (Å²) < 4.78 is 5.80. The van der Waals surface area contributed by atoms with Crippen LogP contribution in [0.2, 0.25) is 0 Å². The summed E-state index contributed by atoms with van der Waals surface area (Å²) in [7, 11) is 0. The molecule has 106 valence electrons. The fourth-order valence-corrected chi connectivity index (χ4v) is 2.33. The van der Waals surface area contributed by atoms with Crippen molar-refractivity contribution in [1.82, 2.24) is 0 Å². The van der Waals surface area contributed by atoms with E-state index < -0.39 is 5.60 Å². The number of nitriles is 1. The maximum atomic E-state index is 12.5. The Morgan fingerprint density at radius 2 is 2.10 bits per heavy atom. The first kappa shape index (κ1) is 14.4. The first-order valence-electron chi connectivity index (χ1n) is 6.88. The normalized spacial score (nSPS) is 16.6. The van der Waals surface area contributed by atoms with Crippen LogP contribution in [0.1, 0.15) is 45.6 Å². The van der Waals surface area contributed by atoms with Crippen LogP contribution in [0.25, 0.3) is 0 Å². The van der Waals surface area contributed by atoms with Crippen LogP contribution in [0.5, 0.6) is 5.75 Å². The average Bonchev–Trinajstić information content (AvgIpc) is 2.38. The van der Waals surface area contributed by atoms with Gasteiger partial charge in [-0.3, -0.25) is 4.79 Å². The van der Waals surface area contributed by atoms with Gasteiger partial charge in [0.2, 0.25) is 0 Å². The van der Waals surface area contributed by atoms with Crippen molar-refractivity contribution >= 4 is 11.6 Å². The zero-order valence-corrected chi connectivity index (χ0v) is 12.4. The van der Waals surface area contributed by atoms with Gasteiger partial charge in [-0.2, -0.15) is 5.26 Å². The average molecular weight is 272 g/mol. The number of amides is 1. The van der Waals surface area contributed by atoms with Crippen molar-refractivity contribution < 1.29 is 9.53 Å². The highest BCUT2D eigenvalue weighted by atomic mass is 16.5. The van der Waals surface area contributed by atoms with E-state index in [-0.39, 0.29) is 5.91 Å². The van der Waals surface area contributed by atoms with Gasteiger partial charge in [-0.15, -0.1) is 0 Å². The lowest BCUT2D eigenvalue weighted by Gasteiger charge is -2.38. The van der Waals surface area contributed by atoms with E-state index in [1.165, 1.54) is 0 Å². The van der Waals surface area contributed by atoms with Gasteiger partial charge in [0, 0.05) is 6.54 Å². The maximum absolute atomic E-state index is 12.5. The van der Waals surface area contributed by atoms with Crippen LogP contribution in [0.3, 0.4) is 0 Å². The molecule has 0 spiro atoms. The van der Waals surface area contributed by atoms with Crippen molar-refractivity contribution in [2.45, 2.75) is 45.6 Å². The van der Waals surface area contributed by atoms with Crippen LogP contribution in [-0.2, 0) is 4.79 Å². The smallest absolute Gasteiger partial charge is 0.270 e. The minimum atomic E-state index is -0.887. The molecule has 0 fully saturated rings. The minimum Gasteiger partial charge on any atom is -0.476 e. The Kier molecular flexibility index (Phi) is 3.71. The largest absolute Gasteiger partial charge is 0.476 e. The molecule has 1 aliphatic heterocycles. The number of benzene rings is 1. The van der Waals surface area contributed by atoms with Crippen molar-refractivity contribution in [3.63, 3.8) is 0 Å². The van der Waals surface area contributed by atoms with Crippen LogP contribution in [0.15, 0.2) is 18.2 Å². The monoisotopic (exact) mass is 272 g/mol. The lowest BCUT2D eigenvalue weighted by atomic mass is 9.98. The summed E-state index contributed by atoms with van der Waals surface area (Å²) in [5.74, 6) is 0.987. The minimum absolute atomic E-state index is 0.0962. The fraction of sp³-hybridized carbons (Fsp3) is 0.500. The lowest BCUT2D eigenvalue weighted by molar-refractivity contribution is -0.132. The predicted molar refractivity (Wildman–Crippen MR) is 77.8 cm³/mol. The van der Waals surface area contributed by atoms with Crippen molar-refractivity contribution in [1.29, 1.82) is 5.26 Å². The molecule has 0 bridgehead atoms. The van der Waals surface area contributed by atoms with E-state index in [1.54, 1.807) is 18.7 Å². The van der Waals surface area contributed by atoms with Crippen molar-refractivity contribution in [2.24, 2.45) is 0 Å². The molecule has 4 nitrogen and oxygen atoms in total. The number of hydrogen-bond acceptors (Lipinski definition) is 3. The highest BCUT2D eigenvalue weighted by molar-refractivity contribution is 6.02. The second-order valence-corrected chi connectivity index (χ2v) is 5.86. The summed E-state index contributed by atoms with van der Waals surface area (Å²) in [5, 5.41) is 8.78. The third-order valence-corrected chi connectivity index (χ3v) is 3.51. The third-order valence-electron chi connectivity index (χ3n) is 3.51. The molecule has 2 rings (SSSR count). The first-order valence-corrected chi connectivity index (χ1v) is 6.88. The number of hydrogen-bond donors (Lipinski definition) is 0. The van der Waals surface area contributed by atoms with Gasteiger partial charge in [0.25, 0.3) is 5.91 Å². The van der Waals surface area contributed by atoms with Gasteiger partial charge in [-0.25, -0.2) is 0 Å². The number of nitrogens with zero attached hydrogens (tertiary/aromatic N) is 2. The zero-order valence-electron chi connectivity index (χ0n) is 12.4. The van der Waals surface area contributed by atoms with E-state index in [0.29, 0.717) is 24.6 Å². The van der Waals surface area contributed by atoms with Gasteiger partial charge in [0.05, 0.1) is 18.2 Å². The predicted octanol–water partition coefficient (Wildman–Crippen LogP) is 3.23. The molecule has 0 saturated carbocycles. The van der Waals surface area contributed by atoms with E-state index in [2.05, 4.69) is 19.9 Å². The maximum Gasteiger partial charge on any atom is 0.270 e. The molecular formula is C16H20N2O2. The summed E-state index contributed by atoms with van der Waals surface area (Å²) >= 11 is 0. The number of carbonyl (C=O) groups is 1. The van der Waals surface area contributed by atoms with Crippen LogP contribution in [-0.4, -0.2) is 18.1 Å². The molecule has 1 aliphatic rings. The van der Waals surface area contributed by atoms with Crippen LogP contribution >= 0.6 is 0 Å². The number of fused-ring (bicyclic) bond motifs is 1. The van der Waals surface area contributed by atoms with Crippen LogP contribution in [0.4, 0.5) is 5.69 Å². The number of rotatable bonds is 3. The molecule has 1 aromatic carbocycles. The highest BCUT2D eigenvalue weighted by Gasteiger charge is 2.40. The quantitative estimate of drug-likeness (QED) is 0.848. The molecule has 0 unspecified atom stereocenters. The van der Waals surface area contributed by atoms with E-state index in [9.17, 15) is 4.79 Å². The summed E-state index contributed by atoms with van der Waals surface area (Å²) in [6.07, 6.45) is 0.313.